The van der Waals surface area contributed by atoms with Gasteiger partial charge in [-0.3, -0.25) is 9.78 Å². The number of halogens is 2. The Kier molecular flexibility index (Phi) is 5.45. The zero-order valence-corrected chi connectivity index (χ0v) is 16.7. The molecule has 1 aliphatic rings. The summed E-state index contributed by atoms with van der Waals surface area (Å²) in [6.07, 6.45) is 2.86. The van der Waals surface area contributed by atoms with E-state index in [0.29, 0.717) is 23.4 Å². The summed E-state index contributed by atoms with van der Waals surface area (Å²) in [7, 11) is 1.59. The van der Waals surface area contributed by atoms with Crippen molar-refractivity contribution in [1.82, 2.24) is 20.2 Å². The van der Waals surface area contributed by atoms with Gasteiger partial charge in [0.25, 0.3) is 0 Å². The fourth-order valence-electron chi connectivity index (χ4n) is 3.72. The maximum absolute atomic E-state index is 14.2. The number of nitrogens with zero attached hydrogens (tertiary/aromatic N) is 5. The van der Waals surface area contributed by atoms with E-state index in [0.717, 1.165) is 0 Å². The number of aromatic nitrogens is 4. The summed E-state index contributed by atoms with van der Waals surface area (Å²) in [5.74, 6) is -0.323. The van der Waals surface area contributed by atoms with Gasteiger partial charge in [-0.2, -0.15) is 0 Å². The van der Waals surface area contributed by atoms with Crippen LogP contribution in [0.4, 0.5) is 20.4 Å². The second-order valence-corrected chi connectivity index (χ2v) is 7.56. The van der Waals surface area contributed by atoms with E-state index in [1.54, 1.807) is 19.2 Å². The Hall–Kier alpha value is -3.69. The van der Waals surface area contributed by atoms with Gasteiger partial charge in [-0.1, -0.05) is 0 Å². The minimum Gasteiger partial charge on any atom is -0.507 e. The van der Waals surface area contributed by atoms with Crippen LogP contribution in [0.5, 0.6) is 5.75 Å². The van der Waals surface area contributed by atoms with Crippen molar-refractivity contribution in [3.8, 4) is 17.0 Å². The molecule has 0 spiro atoms. The van der Waals surface area contributed by atoms with Gasteiger partial charge in [0.2, 0.25) is 12.4 Å². The van der Waals surface area contributed by atoms with Gasteiger partial charge in [-0.05, 0) is 43.2 Å². The van der Waals surface area contributed by atoms with Crippen LogP contribution in [0, 0.1) is 5.82 Å². The molecule has 1 fully saturated rings. The minimum absolute atomic E-state index is 0.0344. The first-order chi connectivity index (χ1) is 14.9. The van der Waals surface area contributed by atoms with Crippen LogP contribution in [-0.2, 0) is 10.2 Å². The van der Waals surface area contributed by atoms with Crippen molar-refractivity contribution in [1.29, 1.82) is 0 Å². The van der Waals surface area contributed by atoms with Crippen molar-refractivity contribution >= 4 is 18.0 Å². The number of amides is 1. The third-order valence-corrected chi connectivity index (χ3v) is 5.45. The number of anilines is 2. The average molecular weight is 426 g/mol. The number of benzene rings is 1. The van der Waals surface area contributed by atoms with E-state index < -0.39 is 17.4 Å². The molecular weight excluding hydrogens is 406 g/mol. The highest BCUT2D eigenvalue weighted by Gasteiger charge is 2.48. The minimum atomic E-state index is -1.01. The molecule has 4 rings (SSSR count). The van der Waals surface area contributed by atoms with Gasteiger partial charge in [0.1, 0.15) is 23.4 Å². The highest BCUT2D eigenvalue weighted by molar-refractivity contribution is 5.79. The van der Waals surface area contributed by atoms with E-state index in [1.165, 1.54) is 35.5 Å². The fraction of sp³-hybridized carbons (Fsp3) is 0.286. The predicted octanol–water partition coefficient (Wildman–Crippen LogP) is 2.85. The number of aromatic hydroxyl groups is 1. The molecule has 0 bridgehead atoms. The van der Waals surface area contributed by atoms with E-state index in [-0.39, 0.29) is 36.8 Å². The fourth-order valence-corrected chi connectivity index (χ4v) is 3.72. The lowest BCUT2D eigenvalue weighted by Gasteiger charge is -2.43. The molecular formula is C21H20F2N6O2. The molecule has 1 aliphatic carbocycles. The van der Waals surface area contributed by atoms with Crippen molar-refractivity contribution in [3.63, 3.8) is 0 Å². The Morgan fingerprint density at radius 1 is 1.29 bits per heavy atom. The Morgan fingerprint density at radius 3 is 2.74 bits per heavy atom. The van der Waals surface area contributed by atoms with Gasteiger partial charge in [-0.25, -0.2) is 13.8 Å². The summed E-state index contributed by atoms with van der Waals surface area (Å²) >= 11 is 0. The topological polar surface area (TPSA) is 104 Å². The molecule has 160 valence electrons. The van der Waals surface area contributed by atoms with Gasteiger partial charge >= 0.3 is 0 Å². The Morgan fingerprint density at radius 2 is 2.10 bits per heavy atom. The Bertz CT molecular complexity index is 1090. The average Bonchev–Trinajstić information content (AvgIpc) is 2.76. The van der Waals surface area contributed by atoms with E-state index in [1.807, 2.05) is 0 Å². The maximum atomic E-state index is 14.2. The number of rotatable bonds is 7. The molecule has 0 unspecified atom stereocenters. The summed E-state index contributed by atoms with van der Waals surface area (Å²) in [4.78, 5) is 20.6. The number of hydrogen-bond donors (Lipinski definition) is 2. The number of hydrogen-bond acceptors (Lipinski definition) is 7. The quantitative estimate of drug-likeness (QED) is 0.560. The molecule has 0 aliphatic heterocycles. The number of alkyl halides is 1. The van der Waals surface area contributed by atoms with E-state index in [2.05, 4.69) is 25.5 Å². The molecule has 3 aromatic rings. The largest absolute Gasteiger partial charge is 0.507 e. The van der Waals surface area contributed by atoms with Crippen LogP contribution >= 0.6 is 0 Å². The molecule has 0 atom stereocenters. The summed E-state index contributed by atoms with van der Waals surface area (Å²) in [6.45, 7) is 0.202. The second kappa shape index (κ2) is 8.21. The molecule has 1 amide bonds. The smallest absolute Gasteiger partial charge is 0.242 e. The van der Waals surface area contributed by atoms with E-state index in [4.69, 9.17) is 0 Å². The molecule has 0 saturated heterocycles. The van der Waals surface area contributed by atoms with Crippen molar-refractivity contribution in [2.24, 2.45) is 0 Å². The summed E-state index contributed by atoms with van der Waals surface area (Å²) < 4.78 is 27.9. The number of phenolic OH excluding ortho intramolecular Hbond substituents is 1. The first-order valence-corrected chi connectivity index (χ1v) is 9.62. The zero-order chi connectivity index (χ0) is 22.0. The lowest BCUT2D eigenvalue weighted by molar-refractivity contribution is -0.107. The molecule has 2 N–H and O–H groups in total. The van der Waals surface area contributed by atoms with Crippen LogP contribution in [0.2, 0.25) is 0 Å². The van der Waals surface area contributed by atoms with E-state index >= 15 is 0 Å². The van der Waals surface area contributed by atoms with Crippen LogP contribution in [0.15, 0.2) is 42.7 Å². The summed E-state index contributed by atoms with van der Waals surface area (Å²) in [6, 6.07) is 7.45. The SMILES string of the molecule is CN(C=O)c1ccc(O)c(-c2cnc(NCC3(c4ncccc4F)CC(F)C3)nn2)c1. The molecule has 1 saturated carbocycles. The highest BCUT2D eigenvalue weighted by Crippen LogP contribution is 2.45. The summed E-state index contributed by atoms with van der Waals surface area (Å²) in [5, 5.41) is 21.2. The standard InChI is InChI=1S/C21H20F2N6O2/c1-29(12-30)14-4-5-18(31)15(7-14)17-10-25-20(28-27-17)26-11-21(8-13(22)9-21)19-16(23)3-2-6-24-19/h2-7,10,12-13,31H,8-9,11H2,1H3,(H,25,26,28). The van der Waals surface area contributed by atoms with Gasteiger partial charge in [0.15, 0.2) is 0 Å². The maximum Gasteiger partial charge on any atom is 0.242 e. The van der Waals surface area contributed by atoms with Crippen molar-refractivity contribution < 1.29 is 18.7 Å². The predicted molar refractivity (Wildman–Crippen MR) is 110 cm³/mol. The molecule has 0 radical (unpaired) electrons. The van der Waals surface area contributed by atoms with Crippen LogP contribution < -0.4 is 10.2 Å². The lowest BCUT2D eigenvalue weighted by atomic mass is 9.65. The normalized spacial score (nSPS) is 20.0. The Balaban J connectivity index is 1.52. The molecule has 31 heavy (non-hydrogen) atoms. The van der Waals surface area contributed by atoms with Crippen LogP contribution in [0.1, 0.15) is 18.5 Å². The first kappa shape index (κ1) is 20.6. The van der Waals surface area contributed by atoms with E-state index in [9.17, 15) is 18.7 Å². The van der Waals surface area contributed by atoms with Gasteiger partial charge in [0, 0.05) is 36.5 Å². The number of carbonyl (C=O) groups excluding carboxylic acids is 1. The van der Waals surface area contributed by atoms with Crippen molar-refractivity contribution in [3.05, 3.63) is 54.2 Å². The third kappa shape index (κ3) is 4.00. The number of nitrogens with one attached hydrogen (secondary N) is 1. The van der Waals surface area contributed by atoms with Crippen LogP contribution in [0.25, 0.3) is 11.3 Å². The van der Waals surface area contributed by atoms with Crippen LogP contribution in [0.3, 0.4) is 0 Å². The van der Waals surface area contributed by atoms with Crippen LogP contribution in [-0.4, -0.2) is 51.4 Å². The Labute approximate surface area is 177 Å². The zero-order valence-electron chi connectivity index (χ0n) is 16.7. The van der Waals surface area contributed by atoms with Crippen molar-refractivity contribution in [2.75, 3.05) is 23.8 Å². The molecule has 8 nitrogen and oxygen atoms in total. The number of phenols is 1. The molecule has 2 aromatic heterocycles. The molecule has 2 heterocycles. The highest BCUT2D eigenvalue weighted by atomic mass is 19.1. The summed E-state index contributed by atoms with van der Waals surface area (Å²) in [5.41, 5.74) is 0.684. The molecule has 1 aromatic carbocycles. The monoisotopic (exact) mass is 426 g/mol. The lowest BCUT2D eigenvalue weighted by Crippen LogP contribution is -2.49. The first-order valence-electron chi connectivity index (χ1n) is 9.62. The number of carbonyl (C=O) groups is 1. The molecule has 10 heteroatoms. The third-order valence-electron chi connectivity index (χ3n) is 5.45. The van der Waals surface area contributed by atoms with Crippen molar-refractivity contribution in [2.45, 2.75) is 24.4 Å². The van der Waals surface area contributed by atoms with Gasteiger partial charge in [0.05, 0.1) is 11.9 Å². The van der Waals surface area contributed by atoms with Gasteiger partial charge < -0.3 is 15.3 Å². The number of pyridine rings is 1. The second-order valence-electron chi connectivity index (χ2n) is 7.56. The van der Waals surface area contributed by atoms with Gasteiger partial charge in [-0.15, -0.1) is 10.2 Å².